The second kappa shape index (κ2) is 7.90. The zero-order valence-electron chi connectivity index (χ0n) is 12.9. The molecule has 112 valence electrons. The van der Waals surface area contributed by atoms with Crippen molar-refractivity contribution in [2.45, 2.75) is 33.1 Å². The third kappa shape index (κ3) is 6.57. The van der Waals surface area contributed by atoms with Crippen LogP contribution in [0.3, 0.4) is 0 Å². The normalized spacial score (nSPS) is 11.2. The van der Waals surface area contributed by atoms with E-state index in [4.69, 9.17) is 9.47 Å². The number of carbonyl (C=O) groups is 1. The first-order chi connectivity index (χ1) is 9.39. The number of amides is 1. The Balaban J connectivity index is 2.24. The van der Waals surface area contributed by atoms with Crippen molar-refractivity contribution in [2.75, 3.05) is 26.4 Å². The number of ether oxygens (including phenoxy) is 2. The van der Waals surface area contributed by atoms with E-state index in [-0.39, 0.29) is 11.3 Å². The van der Waals surface area contributed by atoms with E-state index < -0.39 is 0 Å². The lowest BCUT2D eigenvalue weighted by molar-refractivity contribution is -0.119. The molecule has 0 radical (unpaired) electrons. The van der Waals surface area contributed by atoms with Gasteiger partial charge in [-0.1, -0.05) is 32.9 Å². The van der Waals surface area contributed by atoms with Gasteiger partial charge in [0.05, 0.1) is 13.2 Å². The van der Waals surface area contributed by atoms with Crippen molar-refractivity contribution in [2.24, 2.45) is 0 Å². The molecule has 0 atom stereocenters. The van der Waals surface area contributed by atoms with Crippen molar-refractivity contribution in [1.82, 2.24) is 5.32 Å². The van der Waals surface area contributed by atoms with E-state index in [0.29, 0.717) is 26.4 Å². The highest BCUT2D eigenvalue weighted by molar-refractivity contribution is 5.72. The third-order valence-electron chi connectivity index (χ3n) is 2.82. The topological polar surface area (TPSA) is 47.6 Å². The summed E-state index contributed by atoms with van der Waals surface area (Å²) in [6.07, 6.45) is 0. The van der Waals surface area contributed by atoms with Gasteiger partial charge < -0.3 is 14.8 Å². The third-order valence-corrected chi connectivity index (χ3v) is 2.82. The Kier molecular flexibility index (Phi) is 6.52. The highest BCUT2D eigenvalue weighted by Crippen LogP contribution is 2.25. The molecule has 1 amide bonds. The first-order valence-electron chi connectivity index (χ1n) is 6.95. The summed E-state index contributed by atoms with van der Waals surface area (Å²) in [6, 6.07) is 8.13. The maximum Gasteiger partial charge on any atom is 0.216 e. The summed E-state index contributed by atoms with van der Waals surface area (Å²) in [7, 11) is 0. The van der Waals surface area contributed by atoms with Crippen molar-refractivity contribution in [3.8, 4) is 5.75 Å². The van der Waals surface area contributed by atoms with Gasteiger partial charge in [0, 0.05) is 13.5 Å². The summed E-state index contributed by atoms with van der Waals surface area (Å²) in [5.74, 6) is 0.826. The van der Waals surface area contributed by atoms with E-state index in [1.807, 2.05) is 12.1 Å². The molecule has 0 aliphatic rings. The van der Waals surface area contributed by atoms with Gasteiger partial charge in [-0.2, -0.15) is 0 Å². The first kappa shape index (κ1) is 16.5. The quantitative estimate of drug-likeness (QED) is 0.780. The van der Waals surface area contributed by atoms with Gasteiger partial charge in [0.15, 0.2) is 0 Å². The van der Waals surface area contributed by atoms with Gasteiger partial charge in [-0.05, 0) is 23.1 Å². The number of rotatable bonds is 7. The van der Waals surface area contributed by atoms with Crippen LogP contribution in [0.2, 0.25) is 0 Å². The molecule has 1 aromatic carbocycles. The molecular formula is C16H25NO3. The molecule has 0 aliphatic heterocycles. The minimum Gasteiger partial charge on any atom is -0.491 e. The van der Waals surface area contributed by atoms with Gasteiger partial charge in [-0.3, -0.25) is 4.79 Å². The van der Waals surface area contributed by atoms with Crippen LogP contribution in [0, 0.1) is 0 Å². The van der Waals surface area contributed by atoms with Gasteiger partial charge in [0.2, 0.25) is 5.91 Å². The molecule has 0 aliphatic carbocycles. The fraction of sp³-hybridized carbons (Fsp3) is 0.562. The standard InChI is InChI=1S/C16H25NO3/c1-13(18)17-8-9-19-10-11-20-15-7-5-6-14(12-15)16(2,3)4/h5-7,12H,8-11H2,1-4H3,(H,17,18). The van der Waals surface area contributed by atoms with Crippen LogP contribution in [0.4, 0.5) is 0 Å². The Hall–Kier alpha value is -1.55. The molecule has 0 aromatic heterocycles. The van der Waals surface area contributed by atoms with Crippen LogP contribution in [0.1, 0.15) is 33.3 Å². The van der Waals surface area contributed by atoms with Crippen molar-refractivity contribution >= 4 is 5.91 Å². The molecule has 0 fully saturated rings. The molecule has 0 unspecified atom stereocenters. The average Bonchev–Trinajstić information content (AvgIpc) is 2.36. The van der Waals surface area contributed by atoms with Gasteiger partial charge in [0.25, 0.3) is 0 Å². The predicted octanol–water partition coefficient (Wildman–Crippen LogP) is 2.52. The minimum absolute atomic E-state index is 0.0381. The Morgan fingerprint density at radius 3 is 2.60 bits per heavy atom. The second-order valence-corrected chi connectivity index (χ2v) is 5.72. The molecule has 20 heavy (non-hydrogen) atoms. The minimum atomic E-state index is -0.0381. The van der Waals surface area contributed by atoms with Gasteiger partial charge in [0.1, 0.15) is 12.4 Å². The molecule has 1 rings (SSSR count). The van der Waals surface area contributed by atoms with E-state index >= 15 is 0 Å². The monoisotopic (exact) mass is 279 g/mol. The second-order valence-electron chi connectivity index (χ2n) is 5.72. The summed E-state index contributed by atoms with van der Waals surface area (Å²) in [4.78, 5) is 10.6. The van der Waals surface area contributed by atoms with E-state index in [1.54, 1.807) is 0 Å². The molecule has 4 heteroatoms. The van der Waals surface area contributed by atoms with Crippen LogP contribution in [0.5, 0.6) is 5.75 Å². The predicted molar refractivity (Wildman–Crippen MR) is 80.1 cm³/mol. The Morgan fingerprint density at radius 2 is 1.95 bits per heavy atom. The molecule has 4 nitrogen and oxygen atoms in total. The largest absolute Gasteiger partial charge is 0.491 e. The summed E-state index contributed by atoms with van der Waals surface area (Å²) in [5.41, 5.74) is 1.37. The molecule has 0 spiro atoms. The van der Waals surface area contributed by atoms with Crippen molar-refractivity contribution in [3.05, 3.63) is 29.8 Å². The number of nitrogens with one attached hydrogen (secondary N) is 1. The van der Waals surface area contributed by atoms with Crippen LogP contribution in [-0.4, -0.2) is 32.3 Å². The fourth-order valence-corrected chi connectivity index (χ4v) is 1.67. The van der Waals surface area contributed by atoms with Gasteiger partial charge in [-0.25, -0.2) is 0 Å². The Bertz CT molecular complexity index is 424. The number of hydrogen-bond donors (Lipinski definition) is 1. The summed E-state index contributed by atoms with van der Waals surface area (Å²) in [5, 5.41) is 2.67. The fourth-order valence-electron chi connectivity index (χ4n) is 1.67. The molecule has 1 N–H and O–H groups in total. The van der Waals surface area contributed by atoms with Crippen LogP contribution in [0.25, 0.3) is 0 Å². The molecule has 0 saturated carbocycles. The Morgan fingerprint density at radius 1 is 1.20 bits per heavy atom. The van der Waals surface area contributed by atoms with Crippen molar-refractivity contribution < 1.29 is 14.3 Å². The van der Waals surface area contributed by atoms with E-state index in [9.17, 15) is 4.79 Å². The van der Waals surface area contributed by atoms with Crippen molar-refractivity contribution in [1.29, 1.82) is 0 Å². The molecule has 0 bridgehead atoms. The van der Waals surface area contributed by atoms with E-state index in [1.165, 1.54) is 12.5 Å². The van der Waals surface area contributed by atoms with Crippen LogP contribution in [-0.2, 0) is 14.9 Å². The highest BCUT2D eigenvalue weighted by atomic mass is 16.5. The SMILES string of the molecule is CC(=O)NCCOCCOc1cccc(C(C)(C)C)c1. The number of carbonyl (C=O) groups excluding carboxylic acids is 1. The zero-order valence-corrected chi connectivity index (χ0v) is 12.9. The smallest absolute Gasteiger partial charge is 0.216 e. The lowest BCUT2D eigenvalue weighted by Gasteiger charge is -2.19. The van der Waals surface area contributed by atoms with E-state index in [2.05, 4.69) is 38.2 Å². The Labute approximate surface area is 121 Å². The lowest BCUT2D eigenvalue weighted by atomic mass is 9.87. The maximum absolute atomic E-state index is 10.6. The van der Waals surface area contributed by atoms with E-state index in [0.717, 1.165) is 5.75 Å². The van der Waals surface area contributed by atoms with Crippen LogP contribution >= 0.6 is 0 Å². The number of hydrogen-bond acceptors (Lipinski definition) is 3. The molecule has 1 aromatic rings. The zero-order chi connectivity index (χ0) is 15.0. The first-order valence-corrected chi connectivity index (χ1v) is 6.95. The lowest BCUT2D eigenvalue weighted by Crippen LogP contribution is -2.25. The van der Waals surface area contributed by atoms with Gasteiger partial charge >= 0.3 is 0 Å². The van der Waals surface area contributed by atoms with Crippen molar-refractivity contribution in [3.63, 3.8) is 0 Å². The average molecular weight is 279 g/mol. The maximum atomic E-state index is 10.6. The molecular weight excluding hydrogens is 254 g/mol. The van der Waals surface area contributed by atoms with Crippen LogP contribution in [0.15, 0.2) is 24.3 Å². The highest BCUT2D eigenvalue weighted by Gasteiger charge is 2.13. The summed E-state index contributed by atoms with van der Waals surface area (Å²) in [6.45, 7) is 10.1. The summed E-state index contributed by atoms with van der Waals surface area (Å²) < 4.78 is 11.0. The van der Waals surface area contributed by atoms with Gasteiger partial charge in [-0.15, -0.1) is 0 Å². The van der Waals surface area contributed by atoms with Crippen LogP contribution < -0.4 is 10.1 Å². The number of benzene rings is 1. The molecule has 0 saturated heterocycles. The summed E-state index contributed by atoms with van der Waals surface area (Å²) >= 11 is 0. The molecule has 0 heterocycles.